The summed E-state index contributed by atoms with van der Waals surface area (Å²) in [5, 5.41) is 121. The van der Waals surface area contributed by atoms with E-state index in [2.05, 4.69) is 55.6 Å². The van der Waals surface area contributed by atoms with Gasteiger partial charge in [-0.25, -0.2) is 0 Å². The number of hydrogen-bond donors (Lipinski definition) is 12. The molecule has 0 aromatic carbocycles. The van der Waals surface area contributed by atoms with Gasteiger partial charge in [-0.1, -0.05) is 269 Å². The summed E-state index contributed by atoms with van der Waals surface area (Å²) in [5.74, 6) is -0.241. The second kappa shape index (κ2) is 55.0. The van der Waals surface area contributed by atoms with Gasteiger partial charge in [0.15, 0.2) is 18.9 Å². The van der Waals surface area contributed by atoms with Crippen molar-refractivity contribution < 1.29 is 89.4 Å². The number of aliphatic hydroxyl groups is 11. The lowest BCUT2D eigenvalue weighted by atomic mass is 9.96. The fraction of sp³-hybridized carbons (Fsp3) is 0.904. The Morgan fingerprint density at radius 1 is 0.391 bits per heavy atom. The normalized spacial score (nSPS) is 27.9. The largest absolute Gasteiger partial charge is 0.394 e. The number of amides is 1. The fourth-order valence-corrected chi connectivity index (χ4v) is 12.7. The highest BCUT2D eigenvalue weighted by atomic mass is 16.8. The molecular formula is C73H135NO18. The molecule has 3 rings (SSSR count). The average molecular weight is 1310 g/mol. The average Bonchev–Trinajstić information content (AvgIpc) is 0.834. The molecule has 0 spiro atoms. The fourth-order valence-electron chi connectivity index (χ4n) is 12.7. The zero-order valence-corrected chi connectivity index (χ0v) is 57.3. The molecular weight excluding hydrogens is 1180 g/mol. The Kier molecular flexibility index (Phi) is 50.3. The second-order valence-electron chi connectivity index (χ2n) is 26.8. The van der Waals surface area contributed by atoms with Crippen LogP contribution in [-0.2, 0) is 33.2 Å². The van der Waals surface area contributed by atoms with Gasteiger partial charge in [-0.2, -0.15) is 0 Å². The number of carbonyl (C=O) groups excluding carboxylic acids is 1. The van der Waals surface area contributed by atoms with Crippen LogP contribution < -0.4 is 5.32 Å². The minimum absolute atomic E-state index is 0.241. The summed E-state index contributed by atoms with van der Waals surface area (Å²) in [7, 11) is 0. The van der Waals surface area contributed by atoms with E-state index in [4.69, 9.17) is 28.4 Å². The van der Waals surface area contributed by atoms with Crippen molar-refractivity contribution in [2.75, 3.05) is 26.4 Å². The molecule has 0 radical (unpaired) electrons. The van der Waals surface area contributed by atoms with Gasteiger partial charge in [0.2, 0.25) is 5.91 Å². The van der Waals surface area contributed by atoms with Gasteiger partial charge in [-0.15, -0.1) is 0 Å². The van der Waals surface area contributed by atoms with Crippen LogP contribution in [0.5, 0.6) is 0 Å². The van der Waals surface area contributed by atoms with Gasteiger partial charge < -0.3 is 89.9 Å². The molecule has 3 fully saturated rings. The van der Waals surface area contributed by atoms with E-state index < -0.39 is 124 Å². The Morgan fingerprint density at radius 3 is 1.12 bits per heavy atom. The van der Waals surface area contributed by atoms with Crippen LogP contribution in [0.15, 0.2) is 36.5 Å². The number of aliphatic hydroxyl groups excluding tert-OH is 11. The third kappa shape index (κ3) is 36.0. The molecule has 12 N–H and O–H groups in total. The van der Waals surface area contributed by atoms with Crippen molar-refractivity contribution in [3.63, 3.8) is 0 Å². The number of hydrogen-bond acceptors (Lipinski definition) is 18. The van der Waals surface area contributed by atoms with Crippen LogP contribution in [0.3, 0.4) is 0 Å². The third-order valence-electron chi connectivity index (χ3n) is 18.7. The molecule has 3 aliphatic heterocycles. The first-order valence-corrected chi connectivity index (χ1v) is 37.2. The number of carbonyl (C=O) groups is 1. The van der Waals surface area contributed by atoms with Crippen LogP contribution >= 0.6 is 0 Å². The van der Waals surface area contributed by atoms with Crippen LogP contribution in [0.2, 0.25) is 0 Å². The maximum absolute atomic E-state index is 13.5. The third-order valence-corrected chi connectivity index (χ3v) is 18.7. The van der Waals surface area contributed by atoms with Crippen molar-refractivity contribution in [1.82, 2.24) is 5.32 Å². The first-order valence-electron chi connectivity index (χ1n) is 37.2. The van der Waals surface area contributed by atoms with Crippen LogP contribution in [0, 0.1) is 0 Å². The van der Waals surface area contributed by atoms with Crippen LogP contribution in [0.25, 0.3) is 0 Å². The molecule has 0 aromatic heterocycles. The summed E-state index contributed by atoms with van der Waals surface area (Å²) in [5.41, 5.74) is 0. The summed E-state index contributed by atoms with van der Waals surface area (Å²) in [6.45, 7) is 1.82. The lowest BCUT2D eigenvalue weighted by Gasteiger charge is -2.48. The number of ether oxygens (including phenoxy) is 6. The zero-order valence-electron chi connectivity index (χ0n) is 57.3. The molecule has 3 saturated heterocycles. The van der Waals surface area contributed by atoms with Gasteiger partial charge in [0.05, 0.1) is 38.6 Å². The molecule has 0 aromatic rings. The number of allylic oxidation sites excluding steroid dienone is 6. The van der Waals surface area contributed by atoms with Gasteiger partial charge in [0, 0.05) is 6.42 Å². The van der Waals surface area contributed by atoms with E-state index >= 15 is 0 Å². The van der Waals surface area contributed by atoms with E-state index in [0.717, 1.165) is 57.8 Å². The van der Waals surface area contributed by atoms with Gasteiger partial charge in [0.1, 0.15) is 73.2 Å². The van der Waals surface area contributed by atoms with E-state index in [-0.39, 0.29) is 18.9 Å². The molecule has 19 heteroatoms. The predicted octanol–water partition coefficient (Wildman–Crippen LogP) is 10.8. The Morgan fingerprint density at radius 2 is 0.717 bits per heavy atom. The monoisotopic (exact) mass is 1310 g/mol. The summed E-state index contributed by atoms with van der Waals surface area (Å²) in [6.07, 6.45) is 37.9. The molecule has 3 aliphatic rings. The van der Waals surface area contributed by atoms with Crippen LogP contribution in [-0.4, -0.2) is 193 Å². The van der Waals surface area contributed by atoms with E-state index in [1.54, 1.807) is 0 Å². The summed E-state index contributed by atoms with van der Waals surface area (Å²) < 4.78 is 34.5. The highest BCUT2D eigenvalue weighted by Gasteiger charge is 2.53. The number of rotatable bonds is 58. The highest BCUT2D eigenvalue weighted by Crippen LogP contribution is 2.33. The van der Waals surface area contributed by atoms with Crippen LogP contribution in [0.4, 0.5) is 0 Å². The van der Waals surface area contributed by atoms with Gasteiger partial charge in [0.25, 0.3) is 0 Å². The molecule has 0 aliphatic carbocycles. The lowest BCUT2D eigenvalue weighted by molar-refractivity contribution is -0.379. The number of unbranched alkanes of at least 4 members (excludes halogenated alkanes) is 36. The smallest absolute Gasteiger partial charge is 0.220 e. The molecule has 17 atom stereocenters. The summed E-state index contributed by atoms with van der Waals surface area (Å²) in [6, 6.07) is -0.888. The molecule has 0 bridgehead atoms. The maximum atomic E-state index is 13.5. The summed E-state index contributed by atoms with van der Waals surface area (Å²) in [4.78, 5) is 13.5. The molecule has 17 unspecified atom stereocenters. The van der Waals surface area contributed by atoms with Gasteiger partial charge in [-0.3, -0.25) is 4.79 Å². The Labute approximate surface area is 555 Å². The van der Waals surface area contributed by atoms with Crippen molar-refractivity contribution in [3.05, 3.63) is 36.5 Å². The van der Waals surface area contributed by atoms with E-state index in [9.17, 15) is 61.0 Å². The molecule has 540 valence electrons. The van der Waals surface area contributed by atoms with E-state index in [1.165, 1.54) is 199 Å². The Balaban J connectivity index is 1.39. The first kappa shape index (κ1) is 84.2. The van der Waals surface area contributed by atoms with Gasteiger partial charge >= 0.3 is 0 Å². The molecule has 3 heterocycles. The standard InChI is InChI=1S/C73H135NO18/c1-3-5-7-9-11-13-15-17-19-21-23-24-25-26-27-28-29-30-31-32-33-35-37-39-41-43-45-47-49-51-61(79)74-56(57(78)50-48-46-44-42-40-38-36-34-22-20-18-16-14-12-10-8-6-4-2)55-87-71-67(85)64(82)69(59(53-76)89-71)92-73-68(86)65(83)70(60(54-77)90-73)91-72-66(84)63(81)62(80)58(52-75)88-72/h15,17,21,23,25-26,56-60,62-73,75-78,80-86H,3-14,16,18-20,22,24,27-55H2,1-2H3,(H,74,79)/b17-15-,23-21-,26-25-. The van der Waals surface area contributed by atoms with Crippen molar-refractivity contribution in [1.29, 1.82) is 0 Å². The topological polar surface area (TPSA) is 307 Å². The zero-order chi connectivity index (χ0) is 66.8. The Hall–Kier alpha value is -1.99. The SMILES string of the molecule is CCCCCCC/C=C\C/C=C\C/C=C\CCCCCCCCCCCCCCCCC(=O)NC(COC1OC(CO)C(OC2OC(CO)C(OC3OC(CO)C(O)C(O)C3O)C(O)C2O)C(O)C1O)C(O)CCCCCCCCCCCCCCCCCCCC. The van der Waals surface area contributed by atoms with Crippen molar-refractivity contribution in [2.24, 2.45) is 0 Å². The molecule has 0 saturated carbocycles. The van der Waals surface area contributed by atoms with Gasteiger partial charge in [-0.05, 0) is 51.4 Å². The van der Waals surface area contributed by atoms with E-state index in [0.29, 0.717) is 12.8 Å². The highest BCUT2D eigenvalue weighted by molar-refractivity contribution is 5.76. The van der Waals surface area contributed by atoms with Crippen molar-refractivity contribution >= 4 is 5.91 Å². The predicted molar refractivity (Wildman–Crippen MR) is 360 cm³/mol. The quantitative estimate of drug-likeness (QED) is 0.0199. The van der Waals surface area contributed by atoms with Crippen molar-refractivity contribution in [3.8, 4) is 0 Å². The maximum Gasteiger partial charge on any atom is 0.220 e. The minimum Gasteiger partial charge on any atom is -0.394 e. The van der Waals surface area contributed by atoms with Crippen molar-refractivity contribution in [2.45, 2.75) is 394 Å². The Bertz CT molecular complexity index is 1810. The number of nitrogens with one attached hydrogen (secondary N) is 1. The van der Waals surface area contributed by atoms with Crippen LogP contribution in [0.1, 0.15) is 290 Å². The summed E-state index contributed by atoms with van der Waals surface area (Å²) >= 11 is 0. The minimum atomic E-state index is -1.97. The molecule has 92 heavy (non-hydrogen) atoms. The van der Waals surface area contributed by atoms with E-state index in [1.807, 2.05) is 0 Å². The molecule has 1 amide bonds. The lowest BCUT2D eigenvalue weighted by Crippen LogP contribution is -2.66. The molecule has 19 nitrogen and oxygen atoms in total. The second-order valence-corrected chi connectivity index (χ2v) is 26.8. The first-order chi connectivity index (χ1) is 44.8.